The predicted octanol–water partition coefficient (Wildman–Crippen LogP) is 2.91. The molecule has 18 heavy (non-hydrogen) atoms. The first-order valence-corrected chi connectivity index (χ1v) is 6.45. The lowest BCUT2D eigenvalue weighted by atomic mass is 9.70. The number of furan rings is 1. The zero-order chi connectivity index (χ0) is 13.2. The summed E-state index contributed by atoms with van der Waals surface area (Å²) in [4.78, 5) is 11.3. The standard InChI is InChI=1S/C14H21NO3/c1-10(15-9-14(2)7-4-8-14)11-5-6-12(18-11)13(16)17-3/h5-6,10,15H,4,7-9H2,1-3H3. The average molecular weight is 251 g/mol. The fourth-order valence-corrected chi connectivity index (χ4v) is 2.25. The third kappa shape index (κ3) is 2.75. The first-order chi connectivity index (χ1) is 8.54. The molecule has 1 aromatic rings. The van der Waals surface area contributed by atoms with E-state index in [1.165, 1.54) is 26.4 Å². The maximum atomic E-state index is 11.3. The average Bonchev–Trinajstić information content (AvgIpc) is 2.82. The van der Waals surface area contributed by atoms with Gasteiger partial charge in [0.15, 0.2) is 0 Å². The molecular weight excluding hydrogens is 230 g/mol. The Morgan fingerprint density at radius 1 is 1.56 bits per heavy atom. The molecule has 2 rings (SSSR count). The van der Waals surface area contributed by atoms with Gasteiger partial charge < -0.3 is 14.5 Å². The van der Waals surface area contributed by atoms with Gasteiger partial charge in [-0.3, -0.25) is 0 Å². The highest BCUT2D eigenvalue weighted by atomic mass is 16.5. The SMILES string of the molecule is COC(=O)c1ccc(C(C)NCC2(C)CCC2)o1. The summed E-state index contributed by atoms with van der Waals surface area (Å²) in [6, 6.07) is 3.60. The predicted molar refractivity (Wildman–Crippen MR) is 68.4 cm³/mol. The molecule has 1 atom stereocenters. The first kappa shape index (κ1) is 13.1. The minimum absolute atomic E-state index is 0.112. The van der Waals surface area contributed by atoms with Gasteiger partial charge in [0.2, 0.25) is 5.76 Å². The number of methoxy groups -OCH3 is 1. The lowest BCUT2D eigenvalue weighted by Crippen LogP contribution is -2.38. The third-order valence-corrected chi connectivity index (χ3v) is 3.84. The molecule has 1 heterocycles. The molecule has 1 aliphatic rings. The third-order valence-electron chi connectivity index (χ3n) is 3.84. The highest BCUT2D eigenvalue weighted by molar-refractivity contribution is 5.86. The number of nitrogens with one attached hydrogen (secondary N) is 1. The molecule has 1 saturated carbocycles. The summed E-state index contributed by atoms with van der Waals surface area (Å²) in [6.45, 7) is 5.34. The van der Waals surface area contributed by atoms with Gasteiger partial charge in [-0.2, -0.15) is 0 Å². The molecule has 0 aliphatic heterocycles. The van der Waals surface area contributed by atoms with E-state index < -0.39 is 5.97 Å². The van der Waals surface area contributed by atoms with Crippen LogP contribution in [0.25, 0.3) is 0 Å². The first-order valence-electron chi connectivity index (χ1n) is 6.45. The maximum Gasteiger partial charge on any atom is 0.373 e. The Balaban J connectivity index is 1.90. The van der Waals surface area contributed by atoms with Crippen LogP contribution in [0.4, 0.5) is 0 Å². The number of hydrogen-bond acceptors (Lipinski definition) is 4. The summed E-state index contributed by atoms with van der Waals surface area (Å²) in [6.07, 6.45) is 3.91. The largest absolute Gasteiger partial charge is 0.463 e. The quantitative estimate of drug-likeness (QED) is 0.817. The van der Waals surface area contributed by atoms with E-state index in [0.717, 1.165) is 12.3 Å². The van der Waals surface area contributed by atoms with E-state index in [1.807, 2.05) is 13.0 Å². The Labute approximate surface area is 108 Å². The molecule has 1 unspecified atom stereocenters. The number of rotatable bonds is 5. The maximum absolute atomic E-state index is 11.3. The second kappa shape index (κ2) is 5.14. The van der Waals surface area contributed by atoms with Gasteiger partial charge in [0.1, 0.15) is 5.76 Å². The van der Waals surface area contributed by atoms with Crippen molar-refractivity contribution in [3.63, 3.8) is 0 Å². The van der Waals surface area contributed by atoms with Crippen LogP contribution >= 0.6 is 0 Å². The minimum atomic E-state index is -0.431. The van der Waals surface area contributed by atoms with E-state index >= 15 is 0 Å². The summed E-state index contributed by atoms with van der Waals surface area (Å²) in [5.41, 5.74) is 0.437. The summed E-state index contributed by atoms with van der Waals surface area (Å²) in [5, 5.41) is 3.47. The van der Waals surface area contributed by atoms with Crippen molar-refractivity contribution in [2.75, 3.05) is 13.7 Å². The molecule has 1 aliphatic carbocycles. The molecule has 4 heteroatoms. The van der Waals surface area contributed by atoms with Gasteiger partial charge in [0.25, 0.3) is 0 Å². The van der Waals surface area contributed by atoms with Gasteiger partial charge in [-0.05, 0) is 37.3 Å². The van der Waals surface area contributed by atoms with Gasteiger partial charge in [0, 0.05) is 6.54 Å². The van der Waals surface area contributed by atoms with Crippen molar-refractivity contribution in [1.29, 1.82) is 0 Å². The normalized spacial score (nSPS) is 19.1. The molecule has 1 N–H and O–H groups in total. The monoisotopic (exact) mass is 251 g/mol. The van der Waals surface area contributed by atoms with Crippen molar-refractivity contribution in [3.8, 4) is 0 Å². The molecule has 0 spiro atoms. The molecule has 0 amide bonds. The molecule has 1 aromatic heterocycles. The highest BCUT2D eigenvalue weighted by Gasteiger charge is 2.31. The van der Waals surface area contributed by atoms with E-state index in [9.17, 15) is 4.79 Å². The Kier molecular flexibility index (Phi) is 3.76. The van der Waals surface area contributed by atoms with Gasteiger partial charge in [-0.1, -0.05) is 13.3 Å². The molecular formula is C14H21NO3. The van der Waals surface area contributed by atoms with Crippen LogP contribution in [0, 0.1) is 5.41 Å². The number of carbonyl (C=O) groups excluding carboxylic acids is 1. The molecule has 0 radical (unpaired) electrons. The van der Waals surface area contributed by atoms with E-state index in [0.29, 0.717) is 5.41 Å². The van der Waals surface area contributed by atoms with Crippen LogP contribution in [-0.4, -0.2) is 19.6 Å². The summed E-state index contributed by atoms with van der Waals surface area (Å²) in [5.74, 6) is 0.605. The number of carbonyl (C=O) groups is 1. The van der Waals surface area contributed by atoms with Crippen molar-refractivity contribution < 1.29 is 13.9 Å². The number of hydrogen-bond donors (Lipinski definition) is 1. The van der Waals surface area contributed by atoms with Crippen molar-refractivity contribution in [1.82, 2.24) is 5.32 Å². The van der Waals surface area contributed by atoms with Crippen molar-refractivity contribution >= 4 is 5.97 Å². The van der Waals surface area contributed by atoms with Crippen molar-refractivity contribution in [2.24, 2.45) is 5.41 Å². The fraction of sp³-hybridized carbons (Fsp3) is 0.643. The van der Waals surface area contributed by atoms with Crippen molar-refractivity contribution in [3.05, 3.63) is 23.7 Å². The molecule has 1 fully saturated rings. The van der Waals surface area contributed by atoms with Gasteiger partial charge in [-0.15, -0.1) is 0 Å². The van der Waals surface area contributed by atoms with Gasteiger partial charge in [-0.25, -0.2) is 4.79 Å². The Morgan fingerprint density at radius 3 is 2.83 bits per heavy atom. The highest BCUT2D eigenvalue weighted by Crippen LogP contribution is 2.39. The minimum Gasteiger partial charge on any atom is -0.463 e. The molecule has 4 nitrogen and oxygen atoms in total. The zero-order valence-corrected chi connectivity index (χ0v) is 11.3. The zero-order valence-electron chi connectivity index (χ0n) is 11.3. The molecule has 0 bridgehead atoms. The second-order valence-electron chi connectivity index (χ2n) is 5.46. The van der Waals surface area contributed by atoms with Crippen LogP contribution in [0.2, 0.25) is 0 Å². The van der Waals surface area contributed by atoms with Gasteiger partial charge in [0.05, 0.1) is 13.2 Å². The molecule has 100 valence electrons. The van der Waals surface area contributed by atoms with E-state index in [2.05, 4.69) is 17.0 Å². The van der Waals surface area contributed by atoms with E-state index in [-0.39, 0.29) is 11.8 Å². The van der Waals surface area contributed by atoms with Crippen LogP contribution in [0.5, 0.6) is 0 Å². The summed E-state index contributed by atoms with van der Waals surface area (Å²) >= 11 is 0. The number of ether oxygens (including phenoxy) is 1. The lowest BCUT2D eigenvalue weighted by Gasteiger charge is -2.39. The summed E-state index contributed by atoms with van der Waals surface area (Å²) in [7, 11) is 1.35. The summed E-state index contributed by atoms with van der Waals surface area (Å²) < 4.78 is 10.1. The Bertz CT molecular complexity index is 420. The Hall–Kier alpha value is -1.29. The fourth-order valence-electron chi connectivity index (χ4n) is 2.25. The molecule has 0 aromatic carbocycles. The van der Waals surface area contributed by atoms with Crippen molar-refractivity contribution in [2.45, 2.75) is 39.2 Å². The smallest absolute Gasteiger partial charge is 0.373 e. The van der Waals surface area contributed by atoms with Crippen LogP contribution in [0.15, 0.2) is 16.5 Å². The Morgan fingerprint density at radius 2 is 2.28 bits per heavy atom. The topological polar surface area (TPSA) is 51.5 Å². The van der Waals surface area contributed by atoms with E-state index in [4.69, 9.17) is 4.42 Å². The van der Waals surface area contributed by atoms with Crippen LogP contribution < -0.4 is 5.32 Å². The van der Waals surface area contributed by atoms with Crippen LogP contribution in [-0.2, 0) is 4.74 Å². The van der Waals surface area contributed by atoms with Crippen LogP contribution in [0.1, 0.15) is 55.5 Å². The molecule has 0 saturated heterocycles. The van der Waals surface area contributed by atoms with Gasteiger partial charge >= 0.3 is 5.97 Å². The lowest BCUT2D eigenvalue weighted by molar-refractivity contribution is 0.0561. The van der Waals surface area contributed by atoms with E-state index in [1.54, 1.807) is 6.07 Å². The second-order valence-corrected chi connectivity index (χ2v) is 5.46. The number of esters is 1. The van der Waals surface area contributed by atoms with Crippen LogP contribution in [0.3, 0.4) is 0 Å².